The van der Waals surface area contributed by atoms with Crippen molar-refractivity contribution in [3.63, 3.8) is 0 Å². The Morgan fingerprint density at radius 3 is 2.87 bits per heavy atom. The minimum atomic E-state index is -0.752. The molecule has 1 N–H and O–H groups in total. The van der Waals surface area contributed by atoms with Crippen LogP contribution >= 0.6 is 0 Å². The molecule has 1 heterocycles. The number of carboxylic acid groups (broad SMARTS) is 1. The van der Waals surface area contributed by atoms with Crippen LogP contribution < -0.4 is 0 Å². The molecular weight excluding hydrogens is 190 g/mol. The molecule has 0 bridgehead atoms. The first-order chi connectivity index (χ1) is 7.11. The molecule has 1 rings (SSSR count). The van der Waals surface area contributed by atoms with Crippen LogP contribution in [0.1, 0.15) is 39.5 Å². The van der Waals surface area contributed by atoms with Gasteiger partial charge in [0.15, 0.2) is 0 Å². The van der Waals surface area contributed by atoms with Gasteiger partial charge in [-0.15, -0.1) is 0 Å². The summed E-state index contributed by atoms with van der Waals surface area (Å²) in [5, 5.41) is 8.55. The van der Waals surface area contributed by atoms with Crippen LogP contribution in [0.15, 0.2) is 12.2 Å². The van der Waals surface area contributed by atoms with Gasteiger partial charge in [-0.2, -0.15) is 0 Å². The number of piperidine rings is 1. The van der Waals surface area contributed by atoms with Crippen LogP contribution in [-0.4, -0.2) is 34.6 Å². The van der Waals surface area contributed by atoms with Gasteiger partial charge in [0.25, 0.3) is 0 Å². The van der Waals surface area contributed by atoms with Crippen LogP contribution in [0.2, 0.25) is 0 Å². The van der Waals surface area contributed by atoms with E-state index in [9.17, 15) is 4.79 Å². The van der Waals surface area contributed by atoms with Gasteiger partial charge in [0, 0.05) is 12.1 Å². The van der Waals surface area contributed by atoms with E-state index < -0.39 is 5.97 Å². The number of rotatable bonds is 4. The first-order valence-corrected chi connectivity index (χ1v) is 5.75. The largest absolute Gasteiger partial charge is 0.481 e. The summed E-state index contributed by atoms with van der Waals surface area (Å²) in [6.07, 6.45) is 7.67. The molecule has 1 aliphatic rings. The van der Waals surface area contributed by atoms with Crippen molar-refractivity contribution >= 4 is 5.97 Å². The number of hydrogen-bond acceptors (Lipinski definition) is 2. The minimum Gasteiger partial charge on any atom is -0.481 e. The zero-order valence-electron chi connectivity index (χ0n) is 9.65. The van der Waals surface area contributed by atoms with Gasteiger partial charge >= 0.3 is 5.97 Å². The first-order valence-electron chi connectivity index (χ1n) is 5.75. The maximum atomic E-state index is 10.4. The molecule has 1 atom stereocenters. The molecule has 0 aromatic heterocycles. The van der Waals surface area contributed by atoms with Gasteiger partial charge in [-0.1, -0.05) is 18.6 Å². The second kappa shape index (κ2) is 5.91. The van der Waals surface area contributed by atoms with Crippen molar-refractivity contribution in [1.82, 2.24) is 4.90 Å². The Morgan fingerprint density at radius 1 is 1.53 bits per heavy atom. The maximum absolute atomic E-state index is 10.4. The number of aliphatic carboxylic acids is 1. The Hall–Kier alpha value is -0.830. The van der Waals surface area contributed by atoms with Crippen molar-refractivity contribution in [3.05, 3.63) is 12.2 Å². The van der Waals surface area contributed by atoms with E-state index in [1.807, 2.05) is 0 Å². The molecule has 0 aromatic rings. The average molecular weight is 211 g/mol. The highest BCUT2D eigenvalue weighted by molar-refractivity contribution is 5.68. The molecule has 3 heteroatoms. The lowest BCUT2D eigenvalue weighted by molar-refractivity contribution is -0.136. The normalized spacial score (nSPS) is 23.8. The second-order valence-electron chi connectivity index (χ2n) is 4.42. The lowest BCUT2D eigenvalue weighted by atomic mass is 10.00. The van der Waals surface area contributed by atoms with Gasteiger partial charge in [-0.25, -0.2) is 0 Å². The molecule has 0 radical (unpaired) electrons. The summed E-state index contributed by atoms with van der Waals surface area (Å²) in [6, 6.07) is 0.989. The van der Waals surface area contributed by atoms with Crippen LogP contribution in [-0.2, 0) is 4.79 Å². The third kappa shape index (κ3) is 4.04. The number of nitrogens with zero attached hydrogens (tertiary/aromatic N) is 1. The summed E-state index contributed by atoms with van der Waals surface area (Å²) in [6.45, 7) is 5.53. The van der Waals surface area contributed by atoms with Crippen LogP contribution in [0.3, 0.4) is 0 Å². The number of carboxylic acids is 1. The smallest absolute Gasteiger partial charge is 0.307 e. The summed E-state index contributed by atoms with van der Waals surface area (Å²) in [4.78, 5) is 12.8. The van der Waals surface area contributed by atoms with Crippen LogP contribution in [0.25, 0.3) is 0 Å². The molecule has 0 aromatic carbocycles. The zero-order valence-corrected chi connectivity index (χ0v) is 9.65. The third-order valence-corrected chi connectivity index (χ3v) is 2.91. The van der Waals surface area contributed by atoms with Crippen molar-refractivity contribution in [3.8, 4) is 0 Å². The molecule has 0 amide bonds. The minimum absolute atomic E-state index is 0.141. The van der Waals surface area contributed by atoms with E-state index in [0.29, 0.717) is 12.1 Å². The van der Waals surface area contributed by atoms with Crippen molar-refractivity contribution < 1.29 is 9.90 Å². The molecule has 86 valence electrons. The summed E-state index contributed by atoms with van der Waals surface area (Å²) >= 11 is 0. The van der Waals surface area contributed by atoms with Crippen molar-refractivity contribution in [1.29, 1.82) is 0 Å². The third-order valence-electron chi connectivity index (χ3n) is 2.91. The van der Waals surface area contributed by atoms with Crippen molar-refractivity contribution in [2.24, 2.45) is 0 Å². The summed E-state index contributed by atoms with van der Waals surface area (Å²) < 4.78 is 0. The highest BCUT2D eigenvalue weighted by atomic mass is 16.4. The quantitative estimate of drug-likeness (QED) is 0.725. The standard InChI is InChI=1S/C12H21NO2/c1-10(2)13-9-4-3-6-11(13)7-5-8-12(14)15/h5,7,10-11H,3-4,6,8-9H2,1-2H3,(H,14,15)/b7-5-. The highest BCUT2D eigenvalue weighted by Gasteiger charge is 2.21. The average Bonchev–Trinajstić information content (AvgIpc) is 2.17. The fourth-order valence-corrected chi connectivity index (χ4v) is 2.15. The van der Waals surface area contributed by atoms with Crippen LogP contribution in [0.4, 0.5) is 0 Å². The summed E-state index contributed by atoms with van der Waals surface area (Å²) in [5.74, 6) is -0.752. The number of carbonyl (C=O) groups is 1. The van der Waals surface area contributed by atoms with Gasteiger partial charge in [0.1, 0.15) is 0 Å². The van der Waals surface area contributed by atoms with Crippen molar-refractivity contribution in [2.75, 3.05) is 6.54 Å². The summed E-state index contributed by atoms with van der Waals surface area (Å²) in [7, 11) is 0. The van der Waals surface area contributed by atoms with Gasteiger partial charge in [-0.3, -0.25) is 9.69 Å². The zero-order chi connectivity index (χ0) is 11.3. The first kappa shape index (κ1) is 12.2. The van der Waals surface area contributed by atoms with E-state index >= 15 is 0 Å². The lowest BCUT2D eigenvalue weighted by Crippen LogP contribution is -2.42. The fourth-order valence-electron chi connectivity index (χ4n) is 2.15. The number of hydrogen-bond donors (Lipinski definition) is 1. The maximum Gasteiger partial charge on any atom is 0.307 e. The van der Waals surface area contributed by atoms with Crippen molar-refractivity contribution in [2.45, 2.75) is 51.6 Å². The SMILES string of the molecule is CC(C)N1CCCCC1/C=C\CC(=O)O. The molecule has 1 aliphatic heterocycles. The fraction of sp³-hybridized carbons (Fsp3) is 0.750. The molecule has 1 unspecified atom stereocenters. The molecular formula is C12H21NO2. The Balaban J connectivity index is 2.49. The molecule has 1 saturated heterocycles. The van der Waals surface area contributed by atoms with E-state index in [-0.39, 0.29) is 6.42 Å². The molecule has 0 spiro atoms. The van der Waals surface area contributed by atoms with E-state index in [2.05, 4.69) is 24.8 Å². The van der Waals surface area contributed by atoms with Gasteiger partial charge in [0.05, 0.1) is 6.42 Å². The molecule has 15 heavy (non-hydrogen) atoms. The number of likely N-dealkylation sites (tertiary alicyclic amines) is 1. The Labute approximate surface area is 91.8 Å². The molecule has 0 aliphatic carbocycles. The molecule has 3 nitrogen and oxygen atoms in total. The predicted octanol–water partition coefficient (Wildman–Crippen LogP) is 2.28. The Kier molecular flexibility index (Phi) is 4.82. The molecule has 0 saturated carbocycles. The Bertz CT molecular complexity index is 236. The monoisotopic (exact) mass is 211 g/mol. The topological polar surface area (TPSA) is 40.5 Å². The predicted molar refractivity (Wildman–Crippen MR) is 60.9 cm³/mol. The second-order valence-corrected chi connectivity index (χ2v) is 4.42. The van der Waals surface area contributed by atoms with E-state index in [1.54, 1.807) is 6.08 Å². The highest BCUT2D eigenvalue weighted by Crippen LogP contribution is 2.20. The van der Waals surface area contributed by atoms with Gasteiger partial charge < -0.3 is 5.11 Å². The van der Waals surface area contributed by atoms with Gasteiger partial charge in [-0.05, 0) is 33.2 Å². The van der Waals surface area contributed by atoms with Crippen LogP contribution in [0, 0.1) is 0 Å². The summed E-state index contributed by atoms with van der Waals surface area (Å²) in [5.41, 5.74) is 0. The van der Waals surface area contributed by atoms with Gasteiger partial charge in [0.2, 0.25) is 0 Å². The van der Waals surface area contributed by atoms with Crippen LogP contribution in [0.5, 0.6) is 0 Å². The van der Waals surface area contributed by atoms with E-state index in [4.69, 9.17) is 5.11 Å². The van der Waals surface area contributed by atoms with E-state index in [1.165, 1.54) is 12.8 Å². The molecule has 1 fully saturated rings. The lowest BCUT2D eigenvalue weighted by Gasteiger charge is -2.37. The van der Waals surface area contributed by atoms with E-state index in [0.717, 1.165) is 13.0 Å². The Morgan fingerprint density at radius 2 is 2.27 bits per heavy atom.